The number of hydrogen-bond donors (Lipinski definition) is 1. The van der Waals surface area contributed by atoms with Crippen molar-refractivity contribution in [1.29, 1.82) is 0 Å². The molecule has 0 aliphatic rings. The van der Waals surface area contributed by atoms with E-state index in [0.29, 0.717) is 21.5 Å². The van der Waals surface area contributed by atoms with Crippen LogP contribution >= 0.6 is 23.2 Å². The second kappa shape index (κ2) is 5.86. The van der Waals surface area contributed by atoms with E-state index in [9.17, 15) is 4.79 Å². The summed E-state index contributed by atoms with van der Waals surface area (Å²) in [5.41, 5.74) is 0.650. The molecule has 1 aromatic heterocycles. The number of benzene rings is 1. The van der Waals surface area contributed by atoms with Crippen LogP contribution in [0.5, 0.6) is 5.75 Å². The fourth-order valence-electron chi connectivity index (χ4n) is 1.44. The summed E-state index contributed by atoms with van der Waals surface area (Å²) >= 11 is 12.0. The molecule has 1 N–H and O–H groups in total. The molecule has 98 valence electrons. The van der Waals surface area contributed by atoms with Gasteiger partial charge in [0.05, 0.1) is 23.4 Å². The highest BCUT2D eigenvalue weighted by atomic mass is 35.5. The van der Waals surface area contributed by atoms with Gasteiger partial charge in [-0.25, -0.2) is 4.98 Å². The smallest absolute Gasteiger partial charge is 0.275 e. The van der Waals surface area contributed by atoms with Crippen LogP contribution < -0.4 is 10.1 Å². The van der Waals surface area contributed by atoms with Gasteiger partial charge in [-0.05, 0) is 12.1 Å². The Morgan fingerprint density at radius 2 is 1.95 bits per heavy atom. The molecule has 0 bridgehead atoms. The van der Waals surface area contributed by atoms with E-state index in [0.717, 1.165) is 0 Å². The number of nitrogens with zero attached hydrogens (tertiary/aromatic N) is 2. The van der Waals surface area contributed by atoms with Crippen LogP contribution in [0.25, 0.3) is 0 Å². The standard InChI is InChI=1S/C12H9Cl2N3O2/c1-19-11-8(13)4-7(5-9(11)14)17-12(18)10-6-15-2-3-16-10/h2-6H,1H3,(H,17,18). The molecule has 0 saturated carbocycles. The van der Waals surface area contributed by atoms with E-state index in [-0.39, 0.29) is 5.69 Å². The third-order valence-corrected chi connectivity index (χ3v) is 2.82. The van der Waals surface area contributed by atoms with E-state index in [4.69, 9.17) is 27.9 Å². The summed E-state index contributed by atoms with van der Waals surface area (Å²) in [5, 5.41) is 3.24. The van der Waals surface area contributed by atoms with E-state index in [1.807, 2.05) is 0 Å². The Bertz CT molecular complexity index is 582. The summed E-state index contributed by atoms with van der Waals surface area (Å²) in [6.45, 7) is 0. The van der Waals surface area contributed by atoms with Gasteiger partial charge in [0.15, 0.2) is 5.75 Å². The molecule has 0 atom stereocenters. The fourth-order valence-corrected chi connectivity index (χ4v) is 2.08. The molecule has 0 saturated heterocycles. The Morgan fingerprint density at radius 1 is 1.26 bits per heavy atom. The third-order valence-electron chi connectivity index (χ3n) is 2.26. The molecule has 0 fully saturated rings. The molecule has 0 radical (unpaired) electrons. The van der Waals surface area contributed by atoms with Crippen molar-refractivity contribution in [3.63, 3.8) is 0 Å². The summed E-state index contributed by atoms with van der Waals surface area (Å²) in [6.07, 6.45) is 4.28. The molecule has 19 heavy (non-hydrogen) atoms. The van der Waals surface area contributed by atoms with Crippen molar-refractivity contribution in [2.75, 3.05) is 12.4 Å². The molecule has 2 rings (SSSR count). The second-order valence-corrected chi connectivity index (χ2v) is 4.33. The average molecular weight is 298 g/mol. The van der Waals surface area contributed by atoms with Crippen LogP contribution in [0.2, 0.25) is 10.0 Å². The summed E-state index contributed by atoms with van der Waals surface area (Å²) in [4.78, 5) is 19.6. The number of carbonyl (C=O) groups excluding carboxylic acids is 1. The van der Waals surface area contributed by atoms with E-state index < -0.39 is 5.91 Å². The zero-order valence-corrected chi connectivity index (χ0v) is 11.4. The number of carbonyl (C=O) groups is 1. The lowest BCUT2D eigenvalue weighted by Crippen LogP contribution is -2.13. The fraction of sp³-hybridized carbons (Fsp3) is 0.0833. The van der Waals surface area contributed by atoms with E-state index in [1.165, 1.54) is 25.7 Å². The number of anilines is 1. The van der Waals surface area contributed by atoms with Crippen LogP contribution in [-0.4, -0.2) is 23.0 Å². The summed E-state index contributed by atoms with van der Waals surface area (Å²) in [7, 11) is 1.46. The topological polar surface area (TPSA) is 64.1 Å². The molecule has 0 aliphatic heterocycles. The van der Waals surface area contributed by atoms with Crippen molar-refractivity contribution in [1.82, 2.24) is 9.97 Å². The number of aromatic nitrogens is 2. The van der Waals surface area contributed by atoms with Crippen LogP contribution in [0.4, 0.5) is 5.69 Å². The highest BCUT2D eigenvalue weighted by molar-refractivity contribution is 6.37. The number of amides is 1. The molecule has 0 aliphatic carbocycles. The lowest BCUT2D eigenvalue weighted by molar-refractivity contribution is 0.102. The molecule has 1 heterocycles. The first kappa shape index (κ1) is 13.6. The van der Waals surface area contributed by atoms with Gasteiger partial charge in [-0.2, -0.15) is 0 Å². The van der Waals surface area contributed by atoms with Gasteiger partial charge in [-0.3, -0.25) is 9.78 Å². The Morgan fingerprint density at radius 3 is 2.47 bits per heavy atom. The zero-order chi connectivity index (χ0) is 13.8. The van der Waals surface area contributed by atoms with Gasteiger partial charge in [-0.15, -0.1) is 0 Å². The molecule has 5 nitrogen and oxygen atoms in total. The van der Waals surface area contributed by atoms with Gasteiger partial charge in [-0.1, -0.05) is 23.2 Å². The SMILES string of the molecule is COc1c(Cl)cc(NC(=O)c2cnccn2)cc1Cl. The number of methoxy groups -OCH3 is 1. The Labute approximate surface area is 119 Å². The van der Waals surface area contributed by atoms with Crippen LogP contribution in [0.15, 0.2) is 30.7 Å². The monoisotopic (exact) mass is 297 g/mol. The molecule has 0 spiro atoms. The molecular weight excluding hydrogens is 289 g/mol. The van der Waals surface area contributed by atoms with Gasteiger partial charge in [0.2, 0.25) is 0 Å². The summed E-state index contributed by atoms with van der Waals surface area (Å²) in [5.74, 6) is -0.0359. The molecule has 0 unspecified atom stereocenters. The molecule has 2 aromatic rings. The second-order valence-electron chi connectivity index (χ2n) is 3.52. The molecular formula is C12H9Cl2N3O2. The highest BCUT2D eigenvalue weighted by Gasteiger charge is 2.12. The van der Waals surface area contributed by atoms with Gasteiger partial charge >= 0.3 is 0 Å². The Kier molecular flexibility index (Phi) is 4.19. The maximum Gasteiger partial charge on any atom is 0.275 e. The normalized spacial score (nSPS) is 10.1. The van der Waals surface area contributed by atoms with Gasteiger partial charge in [0, 0.05) is 18.1 Å². The van der Waals surface area contributed by atoms with E-state index >= 15 is 0 Å². The average Bonchev–Trinajstić information content (AvgIpc) is 2.39. The van der Waals surface area contributed by atoms with Crippen molar-refractivity contribution in [3.8, 4) is 5.75 Å². The van der Waals surface area contributed by atoms with Crippen molar-refractivity contribution >= 4 is 34.8 Å². The number of ether oxygens (including phenoxy) is 1. The predicted octanol–water partition coefficient (Wildman–Crippen LogP) is 3.04. The van der Waals surface area contributed by atoms with Gasteiger partial charge in [0.25, 0.3) is 5.91 Å². The molecule has 1 amide bonds. The zero-order valence-electron chi connectivity index (χ0n) is 9.85. The van der Waals surface area contributed by atoms with E-state index in [2.05, 4.69) is 15.3 Å². The minimum Gasteiger partial charge on any atom is -0.494 e. The Balaban J connectivity index is 2.23. The minimum absolute atomic E-state index is 0.200. The first-order valence-electron chi connectivity index (χ1n) is 5.22. The third kappa shape index (κ3) is 3.13. The number of rotatable bonds is 3. The minimum atomic E-state index is -0.398. The largest absolute Gasteiger partial charge is 0.494 e. The first-order chi connectivity index (χ1) is 9.11. The lowest BCUT2D eigenvalue weighted by atomic mass is 10.3. The van der Waals surface area contributed by atoms with Gasteiger partial charge < -0.3 is 10.1 Å². The maximum atomic E-state index is 11.9. The van der Waals surface area contributed by atoms with Gasteiger partial charge in [0.1, 0.15) is 5.69 Å². The maximum absolute atomic E-state index is 11.9. The number of hydrogen-bond acceptors (Lipinski definition) is 4. The number of halogens is 2. The first-order valence-corrected chi connectivity index (χ1v) is 5.98. The van der Waals surface area contributed by atoms with Crippen LogP contribution in [0.1, 0.15) is 10.5 Å². The van der Waals surface area contributed by atoms with Crippen molar-refractivity contribution in [2.45, 2.75) is 0 Å². The lowest BCUT2D eigenvalue weighted by Gasteiger charge is -2.09. The van der Waals surface area contributed by atoms with Crippen LogP contribution in [0.3, 0.4) is 0 Å². The summed E-state index contributed by atoms with van der Waals surface area (Å²) < 4.78 is 5.02. The van der Waals surface area contributed by atoms with Crippen LogP contribution in [0, 0.1) is 0 Å². The predicted molar refractivity (Wildman–Crippen MR) is 73.0 cm³/mol. The molecule has 1 aromatic carbocycles. The number of nitrogens with one attached hydrogen (secondary N) is 1. The Hall–Kier alpha value is -1.85. The quantitative estimate of drug-likeness (QED) is 0.946. The molecule has 7 heteroatoms. The van der Waals surface area contributed by atoms with Crippen LogP contribution in [-0.2, 0) is 0 Å². The van der Waals surface area contributed by atoms with Crippen molar-refractivity contribution in [2.24, 2.45) is 0 Å². The van der Waals surface area contributed by atoms with E-state index in [1.54, 1.807) is 12.1 Å². The van der Waals surface area contributed by atoms with Crippen molar-refractivity contribution < 1.29 is 9.53 Å². The van der Waals surface area contributed by atoms with Crippen molar-refractivity contribution in [3.05, 3.63) is 46.5 Å². The summed E-state index contributed by atoms with van der Waals surface area (Å²) in [6, 6.07) is 3.08. The highest BCUT2D eigenvalue weighted by Crippen LogP contribution is 2.35.